The number of thiophene rings is 2. The molecule has 1 N–H and O–H groups in total. The van der Waals surface area contributed by atoms with E-state index in [-0.39, 0.29) is 0 Å². The van der Waals surface area contributed by atoms with Crippen molar-refractivity contribution >= 4 is 39.4 Å². The molecule has 0 saturated carbocycles. The SMILES string of the molecule is Cc1sc(C(=O)O)cc1CS(=O)c1cccs1. The van der Waals surface area contributed by atoms with Crippen LogP contribution < -0.4 is 0 Å². The lowest BCUT2D eigenvalue weighted by Gasteiger charge is -1.98. The topological polar surface area (TPSA) is 54.4 Å². The Hall–Kier alpha value is -0.980. The highest BCUT2D eigenvalue weighted by molar-refractivity contribution is 7.86. The zero-order valence-corrected chi connectivity index (χ0v) is 11.5. The Bertz CT molecular complexity index is 555. The standard InChI is InChI=1S/C11H10O3S3/c1-7-8(5-9(16-7)11(12)13)6-17(14)10-3-2-4-15-10/h2-5H,6H2,1H3,(H,12,13). The molecule has 0 aliphatic carbocycles. The summed E-state index contributed by atoms with van der Waals surface area (Å²) in [6, 6.07) is 5.31. The zero-order chi connectivity index (χ0) is 12.4. The first-order valence-corrected chi connectivity index (χ1v) is 7.84. The van der Waals surface area contributed by atoms with Gasteiger partial charge in [0.05, 0.1) is 20.8 Å². The van der Waals surface area contributed by atoms with Gasteiger partial charge in [0.1, 0.15) is 4.88 Å². The molecule has 0 bridgehead atoms. The van der Waals surface area contributed by atoms with Gasteiger partial charge >= 0.3 is 5.97 Å². The summed E-state index contributed by atoms with van der Waals surface area (Å²) in [7, 11) is -1.08. The fraction of sp³-hybridized carbons (Fsp3) is 0.182. The van der Waals surface area contributed by atoms with E-state index in [0.29, 0.717) is 10.6 Å². The molecule has 0 spiro atoms. The molecule has 2 aromatic rings. The van der Waals surface area contributed by atoms with Gasteiger partial charge < -0.3 is 5.11 Å². The van der Waals surface area contributed by atoms with Crippen molar-refractivity contribution in [3.63, 3.8) is 0 Å². The van der Waals surface area contributed by atoms with Crippen LogP contribution in [0.25, 0.3) is 0 Å². The van der Waals surface area contributed by atoms with Gasteiger partial charge in [-0.05, 0) is 30.0 Å². The summed E-state index contributed by atoms with van der Waals surface area (Å²) < 4.78 is 12.8. The van der Waals surface area contributed by atoms with Crippen LogP contribution in [0.5, 0.6) is 0 Å². The van der Waals surface area contributed by atoms with Crippen molar-refractivity contribution in [3.8, 4) is 0 Å². The molecule has 2 heterocycles. The van der Waals surface area contributed by atoms with Crippen LogP contribution in [0.1, 0.15) is 20.1 Å². The molecule has 0 saturated heterocycles. The lowest BCUT2D eigenvalue weighted by Crippen LogP contribution is -1.95. The second-order valence-corrected chi connectivity index (χ2v) is 7.30. The second kappa shape index (κ2) is 5.12. The van der Waals surface area contributed by atoms with Gasteiger partial charge in [0.15, 0.2) is 0 Å². The van der Waals surface area contributed by atoms with Gasteiger partial charge in [-0.3, -0.25) is 4.21 Å². The maximum Gasteiger partial charge on any atom is 0.345 e. The monoisotopic (exact) mass is 286 g/mol. The number of aryl methyl sites for hydroxylation is 1. The Balaban J connectivity index is 2.19. The molecule has 0 fully saturated rings. The van der Waals surface area contributed by atoms with Crippen LogP contribution in [-0.2, 0) is 16.6 Å². The summed E-state index contributed by atoms with van der Waals surface area (Å²) in [5.41, 5.74) is 0.860. The maximum atomic E-state index is 12.0. The predicted molar refractivity (Wildman–Crippen MR) is 70.4 cm³/mol. The van der Waals surface area contributed by atoms with Gasteiger partial charge in [0.2, 0.25) is 0 Å². The summed E-state index contributed by atoms with van der Waals surface area (Å²) in [6.07, 6.45) is 0. The number of rotatable bonds is 4. The van der Waals surface area contributed by atoms with E-state index < -0.39 is 16.8 Å². The van der Waals surface area contributed by atoms with Crippen LogP contribution in [0.3, 0.4) is 0 Å². The van der Waals surface area contributed by atoms with Crippen LogP contribution in [0.2, 0.25) is 0 Å². The Morgan fingerprint density at radius 1 is 1.53 bits per heavy atom. The van der Waals surface area contributed by atoms with E-state index in [0.717, 1.165) is 14.6 Å². The van der Waals surface area contributed by atoms with Crippen LogP contribution in [0.4, 0.5) is 0 Å². The quantitative estimate of drug-likeness (QED) is 0.939. The second-order valence-electron chi connectivity index (χ2n) is 3.42. The van der Waals surface area contributed by atoms with E-state index in [4.69, 9.17) is 5.11 Å². The first kappa shape index (κ1) is 12.5. The molecule has 1 unspecified atom stereocenters. The third-order valence-electron chi connectivity index (χ3n) is 2.24. The van der Waals surface area contributed by atoms with Crippen molar-refractivity contribution in [3.05, 3.63) is 38.9 Å². The Kier molecular flexibility index (Phi) is 3.76. The first-order valence-electron chi connectivity index (χ1n) is 4.82. The smallest absolute Gasteiger partial charge is 0.345 e. The average Bonchev–Trinajstić information content (AvgIpc) is 2.88. The summed E-state index contributed by atoms with van der Waals surface area (Å²) in [5, 5.41) is 10.8. The van der Waals surface area contributed by atoms with Crippen molar-refractivity contribution in [1.82, 2.24) is 0 Å². The van der Waals surface area contributed by atoms with Gasteiger partial charge in [0, 0.05) is 4.88 Å². The predicted octanol–water partition coefficient (Wildman–Crippen LogP) is 3.12. The molecule has 0 aliphatic rings. The van der Waals surface area contributed by atoms with Crippen molar-refractivity contribution < 1.29 is 14.1 Å². The van der Waals surface area contributed by atoms with Gasteiger partial charge in [0.25, 0.3) is 0 Å². The molecule has 2 aromatic heterocycles. The summed E-state index contributed by atoms with van der Waals surface area (Å²) >= 11 is 2.69. The third kappa shape index (κ3) is 2.83. The van der Waals surface area contributed by atoms with E-state index in [9.17, 15) is 9.00 Å². The van der Waals surface area contributed by atoms with Gasteiger partial charge in [-0.2, -0.15) is 0 Å². The molecule has 0 amide bonds. The molecule has 0 radical (unpaired) electrons. The average molecular weight is 286 g/mol. The Labute approximate surface area is 109 Å². The largest absolute Gasteiger partial charge is 0.477 e. The van der Waals surface area contributed by atoms with Gasteiger partial charge in [-0.25, -0.2) is 4.79 Å². The summed E-state index contributed by atoms with van der Waals surface area (Å²) in [4.78, 5) is 12.0. The maximum absolute atomic E-state index is 12.0. The van der Waals surface area contributed by atoms with Crippen LogP contribution >= 0.6 is 22.7 Å². The molecule has 0 aromatic carbocycles. The molecule has 17 heavy (non-hydrogen) atoms. The normalized spacial score (nSPS) is 12.5. The molecular weight excluding hydrogens is 276 g/mol. The first-order chi connectivity index (χ1) is 8.08. The number of hydrogen-bond acceptors (Lipinski definition) is 4. The molecule has 0 aliphatic heterocycles. The molecular formula is C11H10O3S3. The van der Waals surface area contributed by atoms with Crippen LogP contribution in [-0.4, -0.2) is 15.3 Å². The van der Waals surface area contributed by atoms with Crippen molar-refractivity contribution in [1.29, 1.82) is 0 Å². The number of carbonyl (C=O) groups is 1. The number of carboxylic acid groups (broad SMARTS) is 1. The minimum atomic E-state index is -1.08. The van der Waals surface area contributed by atoms with E-state index in [1.807, 2.05) is 24.4 Å². The third-order valence-corrected chi connectivity index (χ3v) is 5.98. The highest BCUT2D eigenvalue weighted by atomic mass is 32.2. The zero-order valence-electron chi connectivity index (χ0n) is 9.00. The Morgan fingerprint density at radius 3 is 2.82 bits per heavy atom. The van der Waals surface area contributed by atoms with Crippen LogP contribution in [0.15, 0.2) is 27.8 Å². The number of aromatic carboxylic acids is 1. The van der Waals surface area contributed by atoms with Gasteiger partial charge in [-0.1, -0.05) is 6.07 Å². The Morgan fingerprint density at radius 2 is 2.29 bits per heavy atom. The molecule has 3 nitrogen and oxygen atoms in total. The fourth-order valence-electron chi connectivity index (χ4n) is 1.37. The van der Waals surface area contributed by atoms with Crippen molar-refractivity contribution in [2.45, 2.75) is 16.9 Å². The molecule has 90 valence electrons. The van der Waals surface area contributed by atoms with E-state index in [2.05, 4.69) is 0 Å². The van der Waals surface area contributed by atoms with E-state index in [1.54, 1.807) is 6.07 Å². The minimum Gasteiger partial charge on any atom is -0.477 e. The minimum absolute atomic E-state index is 0.306. The van der Waals surface area contributed by atoms with Gasteiger partial charge in [-0.15, -0.1) is 22.7 Å². The summed E-state index contributed by atoms with van der Waals surface area (Å²) in [6.45, 7) is 1.86. The summed E-state index contributed by atoms with van der Waals surface area (Å²) in [5.74, 6) is -0.540. The molecule has 1 atom stereocenters. The number of hydrogen-bond donors (Lipinski definition) is 1. The van der Waals surface area contributed by atoms with E-state index in [1.165, 1.54) is 22.7 Å². The highest BCUT2D eigenvalue weighted by Gasteiger charge is 2.14. The van der Waals surface area contributed by atoms with Crippen LogP contribution in [0, 0.1) is 6.92 Å². The van der Waals surface area contributed by atoms with Crippen molar-refractivity contribution in [2.24, 2.45) is 0 Å². The van der Waals surface area contributed by atoms with Crippen molar-refractivity contribution in [2.75, 3.05) is 0 Å². The van der Waals surface area contributed by atoms with E-state index >= 15 is 0 Å². The molecule has 2 rings (SSSR count). The molecule has 6 heteroatoms. The number of carboxylic acids is 1. The highest BCUT2D eigenvalue weighted by Crippen LogP contribution is 2.25. The lowest BCUT2D eigenvalue weighted by atomic mass is 10.3. The lowest BCUT2D eigenvalue weighted by molar-refractivity contribution is 0.0702. The fourth-order valence-corrected chi connectivity index (χ4v) is 4.52.